The third kappa shape index (κ3) is 7.46. The summed E-state index contributed by atoms with van der Waals surface area (Å²) in [5.74, 6) is -0.0566. The highest BCUT2D eigenvalue weighted by Gasteiger charge is 2.34. The molecule has 0 aliphatic carbocycles. The van der Waals surface area contributed by atoms with Crippen LogP contribution < -0.4 is 15.4 Å². The van der Waals surface area contributed by atoms with Gasteiger partial charge >= 0.3 is 5.97 Å². The highest BCUT2D eigenvalue weighted by Crippen LogP contribution is 2.26. The summed E-state index contributed by atoms with van der Waals surface area (Å²) < 4.78 is 11.3. The Hall–Kier alpha value is -2.20. The number of carbonyl (C=O) groups is 3. The molecule has 8 nitrogen and oxygen atoms in total. The average molecular weight is 514 g/mol. The van der Waals surface area contributed by atoms with Gasteiger partial charge in [-0.15, -0.1) is 0 Å². The highest BCUT2D eigenvalue weighted by molar-refractivity contribution is 9.10. The van der Waals surface area contributed by atoms with E-state index in [0.717, 1.165) is 6.42 Å². The van der Waals surface area contributed by atoms with Crippen molar-refractivity contribution in [2.75, 3.05) is 26.3 Å². The average Bonchev–Trinajstić information content (AvgIpc) is 2.70. The van der Waals surface area contributed by atoms with Gasteiger partial charge in [0.15, 0.2) is 5.11 Å². The van der Waals surface area contributed by atoms with Crippen molar-refractivity contribution in [3.05, 3.63) is 28.2 Å². The van der Waals surface area contributed by atoms with Gasteiger partial charge in [-0.25, -0.2) is 0 Å². The Morgan fingerprint density at radius 1 is 1.39 bits per heavy atom. The molecule has 1 atom stereocenters. The molecule has 31 heavy (non-hydrogen) atoms. The SMILES string of the molecule is CCOC(=O)CC1C(=O)NCCN1C(=S)NC(=O)c1ccc(OCCC(C)C)c(Br)c1. The first kappa shape index (κ1) is 25.1. The van der Waals surface area contributed by atoms with E-state index in [2.05, 4.69) is 40.4 Å². The molecule has 2 rings (SSSR count). The smallest absolute Gasteiger partial charge is 0.308 e. The Morgan fingerprint density at radius 3 is 2.77 bits per heavy atom. The predicted octanol–water partition coefficient (Wildman–Crippen LogP) is 2.64. The number of benzene rings is 1. The van der Waals surface area contributed by atoms with E-state index in [1.165, 1.54) is 0 Å². The molecular weight excluding hydrogens is 486 g/mol. The first-order valence-electron chi connectivity index (χ1n) is 10.2. The van der Waals surface area contributed by atoms with Crippen molar-refractivity contribution in [2.45, 2.75) is 39.7 Å². The zero-order valence-corrected chi connectivity index (χ0v) is 20.3. The van der Waals surface area contributed by atoms with Crippen LogP contribution in [0.4, 0.5) is 0 Å². The zero-order chi connectivity index (χ0) is 23.0. The van der Waals surface area contributed by atoms with Gasteiger partial charge in [-0.1, -0.05) is 13.8 Å². The summed E-state index contributed by atoms with van der Waals surface area (Å²) in [6, 6.07) is 4.19. The van der Waals surface area contributed by atoms with Crippen LogP contribution in [0.15, 0.2) is 22.7 Å². The molecule has 1 aliphatic rings. The Morgan fingerprint density at radius 2 is 2.13 bits per heavy atom. The molecule has 1 fully saturated rings. The highest BCUT2D eigenvalue weighted by atomic mass is 79.9. The van der Waals surface area contributed by atoms with Gasteiger partial charge in [0.25, 0.3) is 5.91 Å². The van der Waals surface area contributed by atoms with Crippen molar-refractivity contribution in [3.8, 4) is 5.75 Å². The molecule has 0 saturated carbocycles. The Labute approximate surface area is 196 Å². The molecule has 0 aromatic heterocycles. The molecule has 0 radical (unpaired) electrons. The molecule has 10 heteroatoms. The number of hydrogen-bond donors (Lipinski definition) is 2. The number of hydrogen-bond acceptors (Lipinski definition) is 6. The monoisotopic (exact) mass is 513 g/mol. The van der Waals surface area contributed by atoms with Gasteiger partial charge in [0, 0.05) is 18.7 Å². The minimum absolute atomic E-state index is 0.0857. The molecule has 1 aromatic carbocycles. The van der Waals surface area contributed by atoms with Gasteiger partial charge in [0.1, 0.15) is 11.8 Å². The third-order valence-corrected chi connectivity index (χ3v) is 5.58. The molecular formula is C21H28BrN3O5S. The largest absolute Gasteiger partial charge is 0.492 e. The van der Waals surface area contributed by atoms with E-state index in [1.54, 1.807) is 30.0 Å². The van der Waals surface area contributed by atoms with E-state index in [0.29, 0.717) is 41.4 Å². The summed E-state index contributed by atoms with van der Waals surface area (Å²) >= 11 is 8.80. The quantitative estimate of drug-likeness (QED) is 0.407. The summed E-state index contributed by atoms with van der Waals surface area (Å²) in [6.07, 6.45) is 0.781. The fourth-order valence-electron chi connectivity index (χ4n) is 2.94. The van der Waals surface area contributed by atoms with E-state index in [9.17, 15) is 14.4 Å². The third-order valence-electron chi connectivity index (χ3n) is 4.62. The molecule has 2 amide bonds. The summed E-state index contributed by atoms with van der Waals surface area (Å²) in [5.41, 5.74) is 0.383. The number of halogens is 1. The second-order valence-electron chi connectivity index (χ2n) is 7.44. The second-order valence-corrected chi connectivity index (χ2v) is 8.69. The number of ether oxygens (including phenoxy) is 2. The van der Waals surface area contributed by atoms with Crippen LogP contribution in [0.5, 0.6) is 5.75 Å². The number of nitrogens with one attached hydrogen (secondary N) is 2. The maximum atomic E-state index is 12.7. The van der Waals surface area contributed by atoms with Gasteiger partial charge in [-0.05, 0) is 65.6 Å². The van der Waals surface area contributed by atoms with Crippen LogP contribution in [0.3, 0.4) is 0 Å². The van der Waals surface area contributed by atoms with Crippen LogP contribution in [0, 0.1) is 5.92 Å². The lowest BCUT2D eigenvalue weighted by Gasteiger charge is -2.36. The molecule has 170 valence electrons. The molecule has 2 N–H and O–H groups in total. The summed E-state index contributed by atoms with van der Waals surface area (Å²) in [4.78, 5) is 38.4. The van der Waals surface area contributed by atoms with Crippen LogP contribution in [-0.4, -0.2) is 60.1 Å². The molecule has 0 spiro atoms. The minimum atomic E-state index is -0.830. The van der Waals surface area contributed by atoms with E-state index in [-0.39, 0.29) is 24.0 Å². The van der Waals surface area contributed by atoms with Gasteiger partial charge in [-0.3, -0.25) is 19.7 Å². The van der Waals surface area contributed by atoms with Crippen molar-refractivity contribution < 1.29 is 23.9 Å². The van der Waals surface area contributed by atoms with E-state index >= 15 is 0 Å². The number of carbonyl (C=O) groups excluding carboxylic acids is 3. The fraction of sp³-hybridized carbons (Fsp3) is 0.524. The predicted molar refractivity (Wildman–Crippen MR) is 124 cm³/mol. The summed E-state index contributed by atoms with van der Waals surface area (Å²) in [5, 5.41) is 5.44. The van der Waals surface area contributed by atoms with Crippen molar-refractivity contribution in [1.82, 2.24) is 15.5 Å². The van der Waals surface area contributed by atoms with Gasteiger partial charge in [0.05, 0.1) is 24.1 Å². The van der Waals surface area contributed by atoms with Crippen molar-refractivity contribution in [1.29, 1.82) is 0 Å². The van der Waals surface area contributed by atoms with Crippen LogP contribution in [-0.2, 0) is 14.3 Å². The van der Waals surface area contributed by atoms with Gasteiger partial charge in [-0.2, -0.15) is 0 Å². The molecule has 1 saturated heterocycles. The van der Waals surface area contributed by atoms with Crippen molar-refractivity contribution >= 4 is 51.0 Å². The lowest BCUT2D eigenvalue weighted by atomic mass is 10.1. The standard InChI is InChI=1S/C21H28BrN3O5S/c1-4-29-18(26)12-16-20(28)23-8-9-25(16)21(31)24-19(27)14-5-6-17(15(22)11-14)30-10-7-13(2)3/h5-6,11,13,16H,4,7-10,12H2,1-3H3,(H,23,28)(H,24,27,31). The fourth-order valence-corrected chi connectivity index (χ4v) is 3.75. The van der Waals surface area contributed by atoms with Crippen LogP contribution in [0.2, 0.25) is 0 Å². The Bertz CT molecular complexity index is 833. The Kier molecular flexibility index (Phi) is 9.70. The first-order chi connectivity index (χ1) is 14.7. The number of nitrogens with zero attached hydrogens (tertiary/aromatic N) is 1. The number of esters is 1. The van der Waals surface area contributed by atoms with Crippen LogP contribution in [0.1, 0.15) is 44.0 Å². The maximum Gasteiger partial charge on any atom is 0.308 e. The summed E-state index contributed by atoms with van der Waals surface area (Å²) in [6.45, 7) is 7.49. The lowest BCUT2D eigenvalue weighted by molar-refractivity contribution is -0.147. The topological polar surface area (TPSA) is 97.0 Å². The Balaban J connectivity index is 2.02. The lowest BCUT2D eigenvalue weighted by Crippen LogP contribution is -2.60. The molecule has 1 aliphatic heterocycles. The normalized spacial score (nSPS) is 16.0. The zero-order valence-electron chi connectivity index (χ0n) is 17.9. The number of thiocarbonyl (C=S) groups is 1. The molecule has 0 bridgehead atoms. The number of piperazine rings is 1. The van der Waals surface area contributed by atoms with Gasteiger partial charge < -0.3 is 19.7 Å². The summed E-state index contributed by atoms with van der Waals surface area (Å²) in [7, 11) is 0. The maximum absolute atomic E-state index is 12.7. The molecule has 1 unspecified atom stereocenters. The van der Waals surface area contributed by atoms with E-state index in [4.69, 9.17) is 21.7 Å². The van der Waals surface area contributed by atoms with Gasteiger partial charge in [0.2, 0.25) is 5.91 Å². The van der Waals surface area contributed by atoms with Crippen molar-refractivity contribution in [2.24, 2.45) is 5.92 Å². The minimum Gasteiger partial charge on any atom is -0.492 e. The van der Waals surface area contributed by atoms with E-state index in [1.807, 2.05) is 0 Å². The first-order valence-corrected chi connectivity index (χ1v) is 11.4. The molecule has 1 heterocycles. The number of amides is 2. The van der Waals surface area contributed by atoms with E-state index < -0.39 is 17.9 Å². The number of rotatable bonds is 8. The molecule has 1 aromatic rings. The van der Waals surface area contributed by atoms with Crippen molar-refractivity contribution in [3.63, 3.8) is 0 Å². The van der Waals surface area contributed by atoms with Crippen LogP contribution in [0.25, 0.3) is 0 Å². The second kappa shape index (κ2) is 12.0. The van der Waals surface area contributed by atoms with Crippen LogP contribution >= 0.6 is 28.1 Å².